The van der Waals surface area contributed by atoms with E-state index in [0.717, 1.165) is 22.0 Å². The van der Waals surface area contributed by atoms with Crippen LogP contribution in [0.5, 0.6) is 0 Å². The van der Waals surface area contributed by atoms with Gasteiger partial charge in [0.25, 0.3) is 5.91 Å². The second-order valence-electron chi connectivity index (χ2n) is 7.89. The first kappa shape index (κ1) is 17.3. The summed E-state index contributed by atoms with van der Waals surface area (Å²) in [5, 5.41) is 11.9. The molecule has 28 heavy (non-hydrogen) atoms. The second-order valence-corrected chi connectivity index (χ2v) is 7.89. The molecule has 0 unspecified atom stereocenters. The topological polar surface area (TPSA) is 79.5 Å². The molecule has 3 N–H and O–H groups in total. The predicted octanol–water partition coefficient (Wildman–Crippen LogP) is 2.78. The van der Waals surface area contributed by atoms with Crippen LogP contribution in [0.15, 0.2) is 60.8 Å². The highest BCUT2D eigenvalue weighted by Crippen LogP contribution is 2.50. The first-order valence-electron chi connectivity index (χ1n) is 9.78. The number of likely N-dealkylation sites (tertiary alicyclic amines) is 1. The largest absolute Gasteiger partial charge is 0.390 e. The van der Waals surface area contributed by atoms with Crippen LogP contribution in [-0.2, 0) is 5.41 Å². The van der Waals surface area contributed by atoms with E-state index in [4.69, 9.17) is 5.73 Å². The van der Waals surface area contributed by atoms with Gasteiger partial charge in [-0.1, -0.05) is 42.5 Å². The normalized spacial score (nSPS) is 23.1. The molecule has 1 aliphatic carbocycles. The molecule has 0 radical (unpaired) electrons. The fraction of sp³-hybridized carbons (Fsp3) is 0.304. The lowest BCUT2D eigenvalue weighted by molar-refractivity contribution is 0.0263. The van der Waals surface area contributed by atoms with Gasteiger partial charge in [-0.15, -0.1) is 0 Å². The summed E-state index contributed by atoms with van der Waals surface area (Å²) in [4.78, 5) is 19.5. The minimum Gasteiger partial charge on any atom is -0.390 e. The maximum atomic E-state index is 13.2. The number of aromatic nitrogens is 1. The number of pyridine rings is 1. The summed E-state index contributed by atoms with van der Waals surface area (Å²) in [5.41, 5.74) is 9.51. The summed E-state index contributed by atoms with van der Waals surface area (Å²) >= 11 is 0. The first-order chi connectivity index (χ1) is 13.6. The van der Waals surface area contributed by atoms with Gasteiger partial charge in [-0.3, -0.25) is 9.78 Å². The molecule has 2 atom stereocenters. The number of nitrogens with two attached hydrogens (primary N) is 1. The highest BCUT2D eigenvalue weighted by atomic mass is 16.3. The van der Waals surface area contributed by atoms with E-state index < -0.39 is 6.10 Å². The van der Waals surface area contributed by atoms with Crippen LogP contribution in [0.25, 0.3) is 10.9 Å². The van der Waals surface area contributed by atoms with Crippen molar-refractivity contribution in [3.63, 3.8) is 0 Å². The van der Waals surface area contributed by atoms with Crippen LogP contribution < -0.4 is 5.73 Å². The molecule has 2 aliphatic rings. The third-order valence-electron chi connectivity index (χ3n) is 6.57. The molecular formula is C23H23N3O2. The number of fused-ring (bicyclic) bond motifs is 3. The van der Waals surface area contributed by atoms with Crippen molar-refractivity contribution in [1.82, 2.24) is 9.88 Å². The quantitative estimate of drug-likeness (QED) is 0.687. The van der Waals surface area contributed by atoms with Crippen LogP contribution >= 0.6 is 0 Å². The molecular weight excluding hydrogens is 350 g/mol. The Morgan fingerprint density at radius 1 is 1.07 bits per heavy atom. The molecule has 1 saturated heterocycles. The van der Waals surface area contributed by atoms with E-state index in [9.17, 15) is 9.90 Å². The summed E-state index contributed by atoms with van der Waals surface area (Å²) < 4.78 is 0. The number of hydrogen-bond acceptors (Lipinski definition) is 4. The molecule has 1 amide bonds. The number of hydrogen-bond donors (Lipinski definition) is 2. The van der Waals surface area contributed by atoms with Crippen molar-refractivity contribution in [2.24, 2.45) is 5.73 Å². The molecule has 1 aromatic heterocycles. The number of carbonyl (C=O) groups excluding carboxylic acids is 1. The third-order valence-corrected chi connectivity index (χ3v) is 6.57. The SMILES string of the molecule is N[C@H]1c2ccccc2C2(CCN(C(=O)c3cccc4cccnc34)CC2)[C@@H]1O. The van der Waals surface area contributed by atoms with Crippen LogP contribution in [0.1, 0.15) is 40.4 Å². The summed E-state index contributed by atoms with van der Waals surface area (Å²) in [7, 11) is 0. The van der Waals surface area contributed by atoms with E-state index in [1.54, 1.807) is 6.20 Å². The van der Waals surface area contributed by atoms with E-state index in [1.165, 1.54) is 0 Å². The van der Waals surface area contributed by atoms with E-state index in [1.807, 2.05) is 53.4 Å². The smallest absolute Gasteiger partial charge is 0.256 e. The summed E-state index contributed by atoms with van der Waals surface area (Å²) in [6.45, 7) is 1.19. The zero-order valence-electron chi connectivity index (χ0n) is 15.6. The lowest BCUT2D eigenvalue weighted by Gasteiger charge is -2.42. The molecule has 2 heterocycles. The first-order valence-corrected chi connectivity index (χ1v) is 9.78. The van der Waals surface area contributed by atoms with Gasteiger partial charge in [0.1, 0.15) is 0 Å². The van der Waals surface area contributed by atoms with Crippen LogP contribution in [0.4, 0.5) is 0 Å². The standard InChI is InChI=1S/C23H23N3O2/c24-19-16-7-1-2-9-18(16)23(21(19)27)10-13-26(14-11-23)22(28)17-8-3-5-15-6-4-12-25-20(15)17/h1-9,12,19,21,27H,10-11,13-14,24H2/t19-,21+/m0/s1. The van der Waals surface area contributed by atoms with Gasteiger partial charge in [-0.2, -0.15) is 0 Å². The molecule has 2 aromatic carbocycles. The number of rotatable bonds is 1. The van der Waals surface area contributed by atoms with Crippen molar-refractivity contribution in [3.8, 4) is 0 Å². The zero-order chi connectivity index (χ0) is 19.3. The van der Waals surface area contributed by atoms with Gasteiger partial charge in [0, 0.05) is 30.1 Å². The Balaban J connectivity index is 1.43. The van der Waals surface area contributed by atoms with Gasteiger partial charge in [0.05, 0.1) is 23.2 Å². The van der Waals surface area contributed by atoms with Gasteiger partial charge < -0.3 is 15.7 Å². The van der Waals surface area contributed by atoms with Crippen LogP contribution in [0.2, 0.25) is 0 Å². The fourth-order valence-electron chi connectivity index (χ4n) is 5.04. The monoisotopic (exact) mass is 373 g/mol. The van der Waals surface area contributed by atoms with Crippen LogP contribution in [-0.4, -0.2) is 40.1 Å². The molecule has 1 spiro atoms. The average molecular weight is 373 g/mol. The predicted molar refractivity (Wildman–Crippen MR) is 108 cm³/mol. The zero-order valence-corrected chi connectivity index (χ0v) is 15.6. The van der Waals surface area contributed by atoms with Crippen molar-refractivity contribution < 1.29 is 9.90 Å². The number of aliphatic hydroxyl groups excluding tert-OH is 1. The van der Waals surface area contributed by atoms with Crippen LogP contribution in [0, 0.1) is 0 Å². The number of carbonyl (C=O) groups is 1. The van der Waals surface area contributed by atoms with Crippen LogP contribution in [0.3, 0.4) is 0 Å². The second kappa shape index (κ2) is 6.40. The Bertz CT molecular complexity index is 1050. The maximum absolute atomic E-state index is 13.2. The molecule has 5 heteroatoms. The van der Waals surface area contributed by atoms with E-state index in [-0.39, 0.29) is 17.4 Å². The lowest BCUT2D eigenvalue weighted by atomic mass is 9.72. The van der Waals surface area contributed by atoms with E-state index in [2.05, 4.69) is 11.1 Å². The number of amides is 1. The van der Waals surface area contributed by atoms with E-state index >= 15 is 0 Å². The molecule has 0 bridgehead atoms. The molecule has 3 aromatic rings. The Morgan fingerprint density at radius 3 is 2.64 bits per heavy atom. The fourth-order valence-corrected chi connectivity index (χ4v) is 5.04. The van der Waals surface area contributed by atoms with Crippen molar-refractivity contribution in [1.29, 1.82) is 0 Å². The number of piperidine rings is 1. The van der Waals surface area contributed by atoms with Gasteiger partial charge in [-0.25, -0.2) is 0 Å². The van der Waals surface area contributed by atoms with Gasteiger partial charge in [0.15, 0.2) is 0 Å². The maximum Gasteiger partial charge on any atom is 0.256 e. The van der Waals surface area contributed by atoms with Crippen molar-refractivity contribution in [2.75, 3.05) is 13.1 Å². The summed E-state index contributed by atoms with van der Waals surface area (Å²) in [5.74, 6) is 0.00391. The van der Waals surface area contributed by atoms with Crippen molar-refractivity contribution >= 4 is 16.8 Å². The minimum absolute atomic E-state index is 0.00391. The Kier molecular flexibility index (Phi) is 3.96. The summed E-state index contributed by atoms with van der Waals surface area (Å²) in [6, 6.07) is 17.3. The number of aliphatic hydroxyl groups is 1. The third kappa shape index (κ3) is 2.40. The van der Waals surface area contributed by atoms with E-state index in [0.29, 0.717) is 31.5 Å². The Hall–Kier alpha value is -2.76. The Morgan fingerprint density at radius 2 is 1.82 bits per heavy atom. The molecule has 5 nitrogen and oxygen atoms in total. The molecule has 142 valence electrons. The number of benzene rings is 2. The molecule has 1 aliphatic heterocycles. The number of nitrogens with zero attached hydrogens (tertiary/aromatic N) is 2. The van der Waals surface area contributed by atoms with Gasteiger partial charge in [0.2, 0.25) is 0 Å². The summed E-state index contributed by atoms with van der Waals surface area (Å²) in [6.07, 6.45) is 2.53. The molecule has 0 saturated carbocycles. The van der Waals surface area contributed by atoms with Gasteiger partial charge >= 0.3 is 0 Å². The molecule has 1 fully saturated rings. The number of para-hydroxylation sites is 1. The highest BCUT2D eigenvalue weighted by molar-refractivity contribution is 6.05. The average Bonchev–Trinajstić information content (AvgIpc) is 2.96. The molecule has 5 rings (SSSR count). The van der Waals surface area contributed by atoms with Crippen molar-refractivity contribution in [2.45, 2.75) is 30.4 Å². The lowest BCUT2D eigenvalue weighted by Crippen LogP contribution is -2.50. The Labute approximate surface area is 163 Å². The highest BCUT2D eigenvalue weighted by Gasteiger charge is 2.51. The van der Waals surface area contributed by atoms with Crippen molar-refractivity contribution in [3.05, 3.63) is 77.5 Å². The minimum atomic E-state index is -0.610. The van der Waals surface area contributed by atoms with Gasteiger partial charge in [-0.05, 0) is 36.1 Å².